The molecule has 18 heavy (non-hydrogen) atoms. The Morgan fingerprint density at radius 3 is 2.67 bits per heavy atom. The van der Waals surface area contributed by atoms with Gasteiger partial charge in [0.1, 0.15) is 0 Å². The maximum Gasteiger partial charge on any atom is 0.282 e. The molecule has 5 nitrogen and oxygen atoms in total. The van der Waals surface area contributed by atoms with Gasteiger partial charge >= 0.3 is 0 Å². The third kappa shape index (κ3) is 1.99. The molecule has 0 aromatic rings. The van der Waals surface area contributed by atoms with Gasteiger partial charge in [0, 0.05) is 31.7 Å². The second-order valence-electron chi connectivity index (χ2n) is 5.85. The quantitative estimate of drug-likeness (QED) is 0.792. The lowest BCUT2D eigenvalue weighted by molar-refractivity contribution is 0.240. The van der Waals surface area contributed by atoms with Crippen LogP contribution in [0.15, 0.2) is 0 Å². The molecule has 3 atom stereocenters. The van der Waals surface area contributed by atoms with Crippen molar-refractivity contribution in [1.29, 1.82) is 0 Å². The van der Waals surface area contributed by atoms with Crippen molar-refractivity contribution in [1.82, 2.24) is 13.9 Å². The van der Waals surface area contributed by atoms with Gasteiger partial charge in [-0.1, -0.05) is 6.42 Å². The van der Waals surface area contributed by atoms with E-state index < -0.39 is 10.2 Å². The van der Waals surface area contributed by atoms with Crippen LogP contribution in [0.5, 0.6) is 0 Å². The molecule has 0 bridgehead atoms. The summed E-state index contributed by atoms with van der Waals surface area (Å²) in [5.41, 5.74) is 0. The molecule has 0 aromatic carbocycles. The van der Waals surface area contributed by atoms with E-state index in [2.05, 4.69) is 5.32 Å². The van der Waals surface area contributed by atoms with E-state index in [0.29, 0.717) is 19.0 Å². The van der Waals surface area contributed by atoms with E-state index in [1.807, 2.05) is 6.92 Å². The van der Waals surface area contributed by atoms with Crippen LogP contribution in [0.1, 0.15) is 32.6 Å². The van der Waals surface area contributed by atoms with E-state index in [4.69, 9.17) is 0 Å². The summed E-state index contributed by atoms with van der Waals surface area (Å²) in [4.78, 5) is 0. The van der Waals surface area contributed by atoms with Crippen LogP contribution in [0.4, 0.5) is 0 Å². The van der Waals surface area contributed by atoms with Gasteiger partial charge < -0.3 is 5.32 Å². The molecule has 3 saturated heterocycles. The molecule has 0 saturated carbocycles. The lowest BCUT2D eigenvalue weighted by atomic mass is 10.1. The van der Waals surface area contributed by atoms with E-state index in [0.717, 1.165) is 38.8 Å². The predicted molar refractivity (Wildman–Crippen MR) is 70.4 cm³/mol. The van der Waals surface area contributed by atoms with Gasteiger partial charge in [-0.25, -0.2) is 0 Å². The first-order chi connectivity index (χ1) is 8.60. The molecular formula is C12H23N3O2S. The van der Waals surface area contributed by atoms with Crippen molar-refractivity contribution in [2.75, 3.05) is 26.2 Å². The number of fused-ring (bicyclic) bond motifs is 1. The van der Waals surface area contributed by atoms with Crippen molar-refractivity contribution in [2.45, 2.75) is 44.7 Å². The van der Waals surface area contributed by atoms with Crippen LogP contribution in [0.25, 0.3) is 0 Å². The zero-order valence-electron chi connectivity index (χ0n) is 11.0. The topological polar surface area (TPSA) is 52.7 Å². The average molecular weight is 273 g/mol. The predicted octanol–water partition coefficient (Wildman–Crippen LogP) is 0.399. The Bertz CT molecular complexity index is 412. The monoisotopic (exact) mass is 273 g/mol. The van der Waals surface area contributed by atoms with Crippen LogP contribution in [0.2, 0.25) is 0 Å². The van der Waals surface area contributed by atoms with Gasteiger partial charge in [-0.3, -0.25) is 0 Å². The van der Waals surface area contributed by atoms with Gasteiger partial charge in [-0.2, -0.15) is 17.0 Å². The van der Waals surface area contributed by atoms with Gasteiger partial charge in [0.05, 0.1) is 0 Å². The first-order valence-corrected chi connectivity index (χ1v) is 8.50. The fraction of sp³-hybridized carbons (Fsp3) is 1.00. The number of piperidine rings is 1. The minimum absolute atomic E-state index is 0.164. The van der Waals surface area contributed by atoms with E-state index in [-0.39, 0.29) is 12.1 Å². The first-order valence-electron chi connectivity index (χ1n) is 7.10. The molecule has 3 heterocycles. The Hall–Kier alpha value is -0.170. The van der Waals surface area contributed by atoms with Crippen molar-refractivity contribution in [3.8, 4) is 0 Å². The zero-order chi connectivity index (χ0) is 12.8. The van der Waals surface area contributed by atoms with Crippen molar-refractivity contribution >= 4 is 10.2 Å². The highest BCUT2D eigenvalue weighted by molar-refractivity contribution is 7.86. The number of hydrogen-bond donors (Lipinski definition) is 1. The maximum atomic E-state index is 12.8. The molecule has 0 aliphatic carbocycles. The minimum atomic E-state index is -3.24. The summed E-state index contributed by atoms with van der Waals surface area (Å²) in [7, 11) is -3.24. The van der Waals surface area contributed by atoms with E-state index in [1.54, 1.807) is 8.61 Å². The van der Waals surface area contributed by atoms with Gasteiger partial charge in [-0.05, 0) is 38.6 Å². The lowest BCUT2D eigenvalue weighted by Crippen LogP contribution is -2.52. The van der Waals surface area contributed by atoms with E-state index >= 15 is 0 Å². The smallest absolute Gasteiger partial charge is 0.282 e. The SMILES string of the molecule is CC1CCCCN1S(=O)(=O)N1CC[C@H]2CNC[C@H]21. The van der Waals surface area contributed by atoms with Crippen molar-refractivity contribution in [2.24, 2.45) is 5.92 Å². The summed E-state index contributed by atoms with van der Waals surface area (Å²) >= 11 is 0. The Morgan fingerprint density at radius 2 is 1.89 bits per heavy atom. The summed E-state index contributed by atoms with van der Waals surface area (Å²) < 4.78 is 29.0. The Morgan fingerprint density at radius 1 is 1.06 bits per heavy atom. The molecule has 1 N–H and O–H groups in total. The highest BCUT2D eigenvalue weighted by atomic mass is 32.2. The minimum Gasteiger partial charge on any atom is -0.315 e. The molecule has 104 valence electrons. The molecule has 0 aromatic heterocycles. The molecule has 3 aliphatic rings. The van der Waals surface area contributed by atoms with Gasteiger partial charge in [0.25, 0.3) is 10.2 Å². The van der Waals surface area contributed by atoms with Gasteiger partial charge in [-0.15, -0.1) is 0 Å². The third-order valence-corrected chi connectivity index (χ3v) is 6.91. The third-order valence-electron chi connectivity index (χ3n) is 4.73. The van der Waals surface area contributed by atoms with Crippen LogP contribution >= 0.6 is 0 Å². The fourth-order valence-electron chi connectivity index (χ4n) is 3.65. The number of nitrogens with zero attached hydrogens (tertiary/aromatic N) is 2. The molecule has 0 amide bonds. The molecule has 0 spiro atoms. The fourth-order valence-corrected chi connectivity index (χ4v) is 5.76. The average Bonchev–Trinajstić information content (AvgIpc) is 2.90. The van der Waals surface area contributed by atoms with Gasteiger partial charge in [0.15, 0.2) is 0 Å². The molecular weight excluding hydrogens is 250 g/mol. The molecule has 1 unspecified atom stereocenters. The van der Waals surface area contributed by atoms with Crippen LogP contribution in [-0.4, -0.2) is 55.3 Å². The molecule has 3 fully saturated rings. The van der Waals surface area contributed by atoms with Crippen LogP contribution < -0.4 is 5.32 Å². The largest absolute Gasteiger partial charge is 0.315 e. The highest BCUT2D eigenvalue weighted by Crippen LogP contribution is 2.32. The maximum absolute atomic E-state index is 12.8. The molecule has 3 aliphatic heterocycles. The van der Waals surface area contributed by atoms with Crippen molar-refractivity contribution in [3.63, 3.8) is 0 Å². The number of rotatable bonds is 2. The van der Waals surface area contributed by atoms with Crippen LogP contribution in [0, 0.1) is 5.92 Å². The zero-order valence-corrected chi connectivity index (χ0v) is 11.8. The Kier molecular flexibility index (Phi) is 3.38. The van der Waals surface area contributed by atoms with E-state index in [9.17, 15) is 8.42 Å². The molecule has 3 rings (SSSR count). The number of hydrogen-bond acceptors (Lipinski definition) is 3. The van der Waals surface area contributed by atoms with Gasteiger partial charge in [0.2, 0.25) is 0 Å². The summed E-state index contributed by atoms with van der Waals surface area (Å²) in [6, 6.07) is 0.362. The summed E-state index contributed by atoms with van der Waals surface area (Å²) in [6.45, 7) is 5.25. The summed E-state index contributed by atoms with van der Waals surface area (Å²) in [5, 5.41) is 3.32. The van der Waals surface area contributed by atoms with Crippen LogP contribution in [0.3, 0.4) is 0 Å². The van der Waals surface area contributed by atoms with E-state index in [1.165, 1.54) is 0 Å². The van der Waals surface area contributed by atoms with Crippen molar-refractivity contribution < 1.29 is 8.42 Å². The summed E-state index contributed by atoms with van der Waals surface area (Å²) in [6.07, 6.45) is 4.17. The molecule has 6 heteroatoms. The Labute approximate surface area is 110 Å². The standard InChI is InChI=1S/C12H23N3O2S/c1-10-4-2-3-6-14(10)18(16,17)15-7-5-11-8-13-9-12(11)15/h10-13H,2-9H2,1H3/t10?,11-,12+/m0/s1. The summed E-state index contributed by atoms with van der Waals surface area (Å²) in [5.74, 6) is 0.528. The Balaban J connectivity index is 1.81. The lowest BCUT2D eigenvalue weighted by Gasteiger charge is -2.36. The normalized spacial score (nSPS) is 39.1. The van der Waals surface area contributed by atoms with Crippen LogP contribution in [-0.2, 0) is 10.2 Å². The molecule has 0 radical (unpaired) electrons. The second kappa shape index (κ2) is 4.74. The first kappa shape index (κ1) is 12.8. The van der Waals surface area contributed by atoms with Crippen molar-refractivity contribution in [3.05, 3.63) is 0 Å². The number of nitrogens with one attached hydrogen (secondary N) is 1. The highest BCUT2D eigenvalue weighted by Gasteiger charge is 2.46. The second-order valence-corrected chi connectivity index (χ2v) is 7.68.